The van der Waals surface area contributed by atoms with Crippen LogP contribution < -0.4 is 0 Å². The Hall–Kier alpha value is -0.0800. The van der Waals surface area contributed by atoms with Crippen molar-refractivity contribution in [1.82, 2.24) is 0 Å². The van der Waals surface area contributed by atoms with Gasteiger partial charge < -0.3 is 10.2 Å². The predicted molar refractivity (Wildman–Crippen MR) is 46.7 cm³/mol. The molecule has 0 aliphatic heterocycles. The van der Waals surface area contributed by atoms with Crippen molar-refractivity contribution in [3.63, 3.8) is 0 Å². The zero-order chi connectivity index (χ0) is 8.55. The van der Waals surface area contributed by atoms with Crippen molar-refractivity contribution >= 4 is 0 Å². The lowest BCUT2D eigenvalue weighted by molar-refractivity contribution is 0.00480. The Labute approximate surface area is 73.6 Å². The topological polar surface area (TPSA) is 40.5 Å². The highest BCUT2D eigenvalue weighted by molar-refractivity contribution is 4.85. The van der Waals surface area contributed by atoms with Gasteiger partial charge in [0.1, 0.15) is 0 Å². The molecule has 2 nitrogen and oxygen atoms in total. The smallest absolute Gasteiger partial charge is 0.0543 e. The fourth-order valence-corrected chi connectivity index (χ4v) is 2.84. The fraction of sp³-hybridized carbons (Fsp3) is 1.00. The van der Waals surface area contributed by atoms with Crippen LogP contribution in [0.2, 0.25) is 0 Å². The molecule has 0 heterocycles. The zero-order valence-electron chi connectivity index (χ0n) is 7.45. The van der Waals surface area contributed by atoms with Gasteiger partial charge in [0.05, 0.1) is 12.2 Å². The zero-order valence-corrected chi connectivity index (χ0v) is 7.45. The first kappa shape index (κ1) is 8.52. The van der Waals surface area contributed by atoms with Gasteiger partial charge in [-0.1, -0.05) is 0 Å². The van der Waals surface area contributed by atoms with E-state index in [1.165, 1.54) is 0 Å². The maximum atomic E-state index is 9.45. The summed E-state index contributed by atoms with van der Waals surface area (Å²) in [6.07, 6.45) is 6.02. The van der Waals surface area contributed by atoms with Crippen LogP contribution in [0.25, 0.3) is 0 Å². The molecule has 2 fully saturated rings. The summed E-state index contributed by atoms with van der Waals surface area (Å²) < 4.78 is 0. The van der Waals surface area contributed by atoms with Crippen molar-refractivity contribution < 1.29 is 10.2 Å². The SMILES string of the molecule is O[C@@H]1CC[C@H]2C[C@@H](O)CC[C@@H]2C1. The maximum absolute atomic E-state index is 9.45. The van der Waals surface area contributed by atoms with Crippen LogP contribution in [0.5, 0.6) is 0 Å². The molecule has 12 heavy (non-hydrogen) atoms. The molecule has 0 bridgehead atoms. The minimum Gasteiger partial charge on any atom is -0.393 e. The summed E-state index contributed by atoms with van der Waals surface area (Å²) in [5.74, 6) is 1.41. The van der Waals surface area contributed by atoms with E-state index in [2.05, 4.69) is 0 Å². The molecule has 0 amide bonds. The molecular weight excluding hydrogens is 152 g/mol. The van der Waals surface area contributed by atoms with Gasteiger partial charge in [-0.3, -0.25) is 0 Å². The van der Waals surface area contributed by atoms with Gasteiger partial charge in [-0.25, -0.2) is 0 Å². The van der Waals surface area contributed by atoms with E-state index in [4.69, 9.17) is 0 Å². The molecule has 0 unspecified atom stereocenters. The Kier molecular flexibility index (Phi) is 2.37. The summed E-state index contributed by atoms with van der Waals surface area (Å²) in [6.45, 7) is 0. The lowest BCUT2D eigenvalue weighted by atomic mass is 9.69. The lowest BCUT2D eigenvalue weighted by Crippen LogP contribution is -2.34. The van der Waals surface area contributed by atoms with Gasteiger partial charge in [0.25, 0.3) is 0 Å². The number of aliphatic hydroxyl groups excluding tert-OH is 2. The molecule has 2 N–H and O–H groups in total. The quantitative estimate of drug-likeness (QED) is 0.575. The first-order valence-electron chi connectivity index (χ1n) is 5.12. The van der Waals surface area contributed by atoms with Gasteiger partial charge >= 0.3 is 0 Å². The normalized spacial score (nSPS) is 48.5. The van der Waals surface area contributed by atoms with Crippen LogP contribution in [-0.2, 0) is 0 Å². The summed E-state index contributed by atoms with van der Waals surface area (Å²) in [7, 11) is 0. The molecule has 4 atom stereocenters. The molecule has 0 aromatic rings. The summed E-state index contributed by atoms with van der Waals surface area (Å²) >= 11 is 0. The van der Waals surface area contributed by atoms with Crippen LogP contribution in [0.3, 0.4) is 0 Å². The molecule has 2 rings (SSSR count). The average molecular weight is 170 g/mol. The van der Waals surface area contributed by atoms with Crippen molar-refractivity contribution in [3.05, 3.63) is 0 Å². The predicted octanol–water partition coefficient (Wildman–Crippen LogP) is 1.31. The molecule has 0 spiro atoms. The molecule has 0 radical (unpaired) electrons. The van der Waals surface area contributed by atoms with E-state index >= 15 is 0 Å². The van der Waals surface area contributed by atoms with Crippen molar-refractivity contribution in [2.75, 3.05) is 0 Å². The number of aliphatic hydroxyl groups is 2. The lowest BCUT2D eigenvalue weighted by Gasteiger charge is -2.39. The van der Waals surface area contributed by atoms with Gasteiger partial charge in [-0.2, -0.15) is 0 Å². The minimum absolute atomic E-state index is 0.0542. The van der Waals surface area contributed by atoms with Crippen LogP contribution >= 0.6 is 0 Å². The highest BCUT2D eigenvalue weighted by Gasteiger charge is 2.34. The van der Waals surface area contributed by atoms with Crippen LogP contribution in [0.15, 0.2) is 0 Å². The second-order valence-corrected chi connectivity index (χ2v) is 4.45. The van der Waals surface area contributed by atoms with E-state index in [0.717, 1.165) is 38.5 Å². The van der Waals surface area contributed by atoms with E-state index in [-0.39, 0.29) is 12.2 Å². The highest BCUT2D eigenvalue weighted by Crippen LogP contribution is 2.40. The molecular formula is C10H18O2. The largest absolute Gasteiger partial charge is 0.393 e. The maximum Gasteiger partial charge on any atom is 0.0543 e. The molecule has 70 valence electrons. The third kappa shape index (κ3) is 1.64. The average Bonchev–Trinajstić information content (AvgIpc) is 2.05. The first-order valence-corrected chi connectivity index (χ1v) is 5.12. The number of rotatable bonds is 0. The van der Waals surface area contributed by atoms with E-state index in [1.54, 1.807) is 0 Å². The Bertz CT molecular complexity index is 140. The second-order valence-electron chi connectivity index (χ2n) is 4.45. The monoisotopic (exact) mass is 170 g/mol. The third-order valence-corrected chi connectivity index (χ3v) is 3.56. The highest BCUT2D eigenvalue weighted by atomic mass is 16.3. The van der Waals surface area contributed by atoms with Gasteiger partial charge in [-0.15, -0.1) is 0 Å². The number of hydrogen-bond acceptors (Lipinski definition) is 2. The Morgan fingerprint density at radius 2 is 1.08 bits per heavy atom. The van der Waals surface area contributed by atoms with Gasteiger partial charge in [0.2, 0.25) is 0 Å². The van der Waals surface area contributed by atoms with Crippen molar-refractivity contribution in [3.8, 4) is 0 Å². The van der Waals surface area contributed by atoms with Crippen LogP contribution in [0, 0.1) is 11.8 Å². The van der Waals surface area contributed by atoms with E-state index < -0.39 is 0 Å². The molecule has 2 heteroatoms. The number of hydrogen-bond donors (Lipinski definition) is 2. The summed E-state index contributed by atoms with van der Waals surface area (Å²) in [5.41, 5.74) is 0. The summed E-state index contributed by atoms with van der Waals surface area (Å²) in [6, 6.07) is 0. The van der Waals surface area contributed by atoms with Crippen LogP contribution in [0.1, 0.15) is 38.5 Å². The van der Waals surface area contributed by atoms with Crippen molar-refractivity contribution in [2.45, 2.75) is 50.7 Å². The Morgan fingerprint density at radius 3 is 1.50 bits per heavy atom. The molecule has 2 aliphatic carbocycles. The fourth-order valence-electron chi connectivity index (χ4n) is 2.84. The Morgan fingerprint density at radius 1 is 0.667 bits per heavy atom. The summed E-state index contributed by atoms with van der Waals surface area (Å²) in [5, 5.41) is 18.9. The standard InChI is InChI=1S/C10H18O2/c11-9-3-1-7-5-10(12)4-2-8(7)6-9/h7-12H,1-6H2/t7-,8+,9+,10-. The molecule has 0 saturated heterocycles. The van der Waals surface area contributed by atoms with Crippen LogP contribution in [0.4, 0.5) is 0 Å². The Balaban J connectivity index is 1.94. The van der Waals surface area contributed by atoms with Gasteiger partial charge in [-0.05, 0) is 50.4 Å². The molecule has 0 aromatic carbocycles. The second kappa shape index (κ2) is 3.35. The van der Waals surface area contributed by atoms with Crippen molar-refractivity contribution in [2.24, 2.45) is 11.8 Å². The molecule has 2 aliphatic rings. The first-order chi connectivity index (χ1) is 5.75. The van der Waals surface area contributed by atoms with E-state index in [0.29, 0.717) is 11.8 Å². The van der Waals surface area contributed by atoms with Crippen molar-refractivity contribution in [1.29, 1.82) is 0 Å². The third-order valence-electron chi connectivity index (χ3n) is 3.56. The van der Waals surface area contributed by atoms with Gasteiger partial charge in [0, 0.05) is 0 Å². The van der Waals surface area contributed by atoms with Crippen LogP contribution in [-0.4, -0.2) is 22.4 Å². The van der Waals surface area contributed by atoms with Gasteiger partial charge in [0.15, 0.2) is 0 Å². The minimum atomic E-state index is -0.0542. The van der Waals surface area contributed by atoms with E-state index in [1.807, 2.05) is 0 Å². The molecule has 2 saturated carbocycles. The number of fused-ring (bicyclic) bond motifs is 1. The van der Waals surface area contributed by atoms with E-state index in [9.17, 15) is 10.2 Å². The summed E-state index contributed by atoms with van der Waals surface area (Å²) in [4.78, 5) is 0. The molecule has 0 aromatic heterocycles.